The molecule has 1 aliphatic heterocycles. The van der Waals surface area contributed by atoms with Crippen LogP contribution in [0.5, 0.6) is 0 Å². The van der Waals surface area contributed by atoms with Crippen molar-refractivity contribution in [3.63, 3.8) is 0 Å². The first kappa shape index (κ1) is 48.1. The van der Waals surface area contributed by atoms with Gasteiger partial charge in [0, 0.05) is 12.2 Å². The van der Waals surface area contributed by atoms with Gasteiger partial charge in [-0.05, 0) is 36.2 Å². The molecule has 0 spiro atoms. The fourth-order valence-corrected chi connectivity index (χ4v) is 6.75. The molecule has 18 nitrogen and oxygen atoms in total. The zero-order chi connectivity index (χ0) is 43.0. The summed E-state index contributed by atoms with van der Waals surface area (Å²) in [4.78, 5) is 120. The lowest BCUT2D eigenvalue weighted by Crippen LogP contribution is -2.61. The highest BCUT2D eigenvalue weighted by molar-refractivity contribution is 8.13. The van der Waals surface area contributed by atoms with E-state index in [9.17, 15) is 48.3 Å². The Morgan fingerprint density at radius 2 is 1.32 bits per heavy atom. The van der Waals surface area contributed by atoms with Gasteiger partial charge in [0.05, 0.1) is 24.9 Å². The number of hydrogen-bond donors (Lipinski definition) is 9. The normalized spacial score (nSPS) is 23.0. The van der Waals surface area contributed by atoms with Crippen molar-refractivity contribution in [1.29, 1.82) is 0 Å². The van der Waals surface area contributed by atoms with Gasteiger partial charge < -0.3 is 48.5 Å². The molecule has 11 N–H and O–H groups in total. The van der Waals surface area contributed by atoms with Crippen molar-refractivity contribution >= 4 is 64.2 Å². The molecule has 57 heavy (non-hydrogen) atoms. The maximum Gasteiger partial charge on any atom is 0.305 e. The number of primary amides is 1. The average molecular weight is 819 g/mol. The third kappa shape index (κ3) is 16.5. The lowest BCUT2D eigenvalue weighted by molar-refractivity contribution is -0.141. The van der Waals surface area contributed by atoms with Gasteiger partial charge in [-0.3, -0.25) is 43.2 Å². The Hall–Kier alpha value is -5.04. The van der Waals surface area contributed by atoms with Gasteiger partial charge in [-0.2, -0.15) is 0 Å². The number of hydrogen-bond acceptors (Lipinski definition) is 11. The summed E-state index contributed by atoms with van der Waals surface area (Å²) in [6, 6.07) is -1.17. The first-order valence-electron chi connectivity index (χ1n) is 19.0. The summed E-state index contributed by atoms with van der Waals surface area (Å²) in [5.41, 5.74) is 12.0. The third-order valence-electron chi connectivity index (χ3n) is 9.20. The van der Waals surface area contributed by atoms with Crippen molar-refractivity contribution in [3.8, 4) is 0 Å². The zero-order valence-electron chi connectivity index (χ0n) is 33.3. The number of carboxylic acid groups (broad SMARTS) is 1. The fraction of sp³-hybridized carbons (Fsp3) is 0.605. The Labute approximate surface area is 336 Å². The molecule has 1 aromatic carbocycles. The van der Waals surface area contributed by atoms with Gasteiger partial charge in [0.15, 0.2) is 0 Å². The molecular formula is C38H58N8O10S. The number of thioether (sulfide) groups is 1. The van der Waals surface area contributed by atoms with Crippen LogP contribution < -0.4 is 43.4 Å². The minimum atomic E-state index is -1.80. The van der Waals surface area contributed by atoms with Gasteiger partial charge in [-0.15, -0.1) is 0 Å². The topological polar surface area (TPSA) is 298 Å². The Bertz CT molecular complexity index is 1610. The van der Waals surface area contributed by atoms with Crippen LogP contribution in [-0.2, 0) is 49.6 Å². The predicted molar refractivity (Wildman–Crippen MR) is 212 cm³/mol. The summed E-state index contributed by atoms with van der Waals surface area (Å²) in [6.07, 6.45) is -0.878. The number of benzene rings is 1. The van der Waals surface area contributed by atoms with Crippen LogP contribution in [-0.4, -0.2) is 106 Å². The molecule has 316 valence electrons. The summed E-state index contributed by atoms with van der Waals surface area (Å²) < 4.78 is 0. The predicted octanol–water partition coefficient (Wildman–Crippen LogP) is -0.773. The number of rotatable bonds is 16. The molecule has 0 bridgehead atoms. The highest BCUT2D eigenvalue weighted by Gasteiger charge is 2.37. The second kappa shape index (κ2) is 23.3. The first-order valence-corrected chi connectivity index (χ1v) is 20.0. The van der Waals surface area contributed by atoms with Crippen molar-refractivity contribution in [2.24, 2.45) is 29.2 Å². The first-order chi connectivity index (χ1) is 26.7. The summed E-state index contributed by atoms with van der Waals surface area (Å²) in [6.45, 7) is 10.8. The van der Waals surface area contributed by atoms with Crippen molar-refractivity contribution in [1.82, 2.24) is 31.9 Å². The van der Waals surface area contributed by atoms with Crippen molar-refractivity contribution < 1.29 is 48.3 Å². The second-order valence-corrected chi connectivity index (χ2v) is 16.1. The minimum Gasteiger partial charge on any atom is -0.481 e. The van der Waals surface area contributed by atoms with Crippen LogP contribution >= 0.6 is 11.8 Å². The van der Waals surface area contributed by atoms with Gasteiger partial charge in [-0.1, -0.05) is 90.1 Å². The highest BCUT2D eigenvalue weighted by Crippen LogP contribution is 2.17. The summed E-state index contributed by atoms with van der Waals surface area (Å²) in [7, 11) is 0. The van der Waals surface area contributed by atoms with E-state index in [2.05, 4.69) is 31.9 Å². The van der Waals surface area contributed by atoms with Gasteiger partial charge in [0.1, 0.15) is 30.2 Å². The van der Waals surface area contributed by atoms with Crippen LogP contribution in [0.25, 0.3) is 0 Å². The SMILES string of the molecule is CC[C@H](C)[C@H](N)C(=O)N[C@@H](CC(N)=O)C(=O)N[C@@H]1CSC(=O)[C@H](CC(C)C)NC(=O)[C@H](CC(C)C)NC(=O)[C@H](Cc2ccccc2)NC(=O)[C@H](CC(=O)O)NC1=O. The molecule has 0 saturated carbocycles. The molecule has 1 heterocycles. The summed E-state index contributed by atoms with van der Waals surface area (Å²) in [5.74, 6) is -8.93. The van der Waals surface area contributed by atoms with E-state index in [1.54, 1.807) is 44.2 Å². The Balaban J connectivity index is 2.65. The molecule has 1 aliphatic rings. The molecule has 19 heteroatoms. The van der Waals surface area contributed by atoms with E-state index in [4.69, 9.17) is 11.5 Å². The Kier molecular flexibility index (Phi) is 19.6. The molecule has 0 aliphatic carbocycles. The van der Waals surface area contributed by atoms with Crippen LogP contribution in [0.15, 0.2) is 30.3 Å². The van der Waals surface area contributed by atoms with Crippen LogP contribution in [0.2, 0.25) is 0 Å². The van der Waals surface area contributed by atoms with E-state index in [1.807, 2.05) is 27.7 Å². The van der Waals surface area contributed by atoms with E-state index in [1.165, 1.54) is 0 Å². The van der Waals surface area contributed by atoms with Gasteiger partial charge in [-0.25, -0.2) is 0 Å². The number of carboxylic acids is 1. The molecule has 2 rings (SSSR count). The lowest BCUT2D eigenvalue weighted by Gasteiger charge is -2.29. The number of aliphatic carboxylic acids is 1. The molecule has 0 radical (unpaired) electrons. The molecule has 1 aromatic rings. The molecule has 0 aromatic heterocycles. The van der Waals surface area contributed by atoms with E-state index in [-0.39, 0.29) is 37.0 Å². The third-order valence-corrected chi connectivity index (χ3v) is 10.3. The highest BCUT2D eigenvalue weighted by atomic mass is 32.2. The summed E-state index contributed by atoms with van der Waals surface area (Å²) in [5, 5.41) is 24.2. The molecule has 1 fully saturated rings. The maximum absolute atomic E-state index is 13.9. The van der Waals surface area contributed by atoms with Crippen LogP contribution in [0.4, 0.5) is 0 Å². The van der Waals surface area contributed by atoms with E-state index in [0.29, 0.717) is 23.7 Å². The van der Waals surface area contributed by atoms with E-state index < -0.39 is 113 Å². The van der Waals surface area contributed by atoms with Crippen molar-refractivity contribution in [2.45, 2.75) is 122 Å². The molecule has 8 atom stereocenters. The van der Waals surface area contributed by atoms with Gasteiger partial charge in [0.25, 0.3) is 0 Å². The number of carbonyl (C=O) groups is 9. The number of nitrogens with one attached hydrogen (secondary N) is 6. The number of nitrogens with two attached hydrogens (primary N) is 2. The molecular weight excluding hydrogens is 761 g/mol. The largest absolute Gasteiger partial charge is 0.481 e. The Morgan fingerprint density at radius 3 is 1.88 bits per heavy atom. The zero-order valence-corrected chi connectivity index (χ0v) is 34.1. The second-order valence-electron chi connectivity index (χ2n) is 15.1. The quantitative estimate of drug-likeness (QED) is 0.0994. The standard InChI is InChI=1S/C38H58N8O10S/c1-7-21(6)31(40)37(55)44-25(16-29(39)47)34(52)46-28-18-57-38(56)27(14-20(4)5)45-32(50)23(13-19(2)3)41-33(51)24(15-22-11-9-8-10-12-22)42-35(53)26(17-30(48)49)43-36(28)54/h8-12,19-21,23-28,31H,7,13-18,40H2,1-6H3,(H2,39,47)(H,41,51)(H,42,53)(H,43,54)(H,44,55)(H,45,50)(H,46,52)(H,48,49)/t21-,23-,24-,25-,26-,27-,28+,31-/m0/s1. The van der Waals surface area contributed by atoms with Crippen molar-refractivity contribution in [3.05, 3.63) is 35.9 Å². The molecule has 7 amide bonds. The van der Waals surface area contributed by atoms with Crippen LogP contribution in [0.1, 0.15) is 79.2 Å². The minimum absolute atomic E-state index is 0.0837. The number of amides is 7. The fourth-order valence-electron chi connectivity index (χ4n) is 5.83. The van der Waals surface area contributed by atoms with Gasteiger partial charge in [0.2, 0.25) is 46.5 Å². The van der Waals surface area contributed by atoms with Crippen LogP contribution in [0.3, 0.4) is 0 Å². The average Bonchev–Trinajstić information content (AvgIpc) is 3.13. The molecule has 0 unspecified atom stereocenters. The van der Waals surface area contributed by atoms with E-state index in [0.717, 1.165) is 0 Å². The lowest BCUT2D eigenvalue weighted by atomic mass is 9.99. The molecule has 1 saturated heterocycles. The van der Waals surface area contributed by atoms with Gasteiger partial charge >= 0.3 is 5.97 Å². The smallest absolute Gasteiger partial charge is 0.305 e. The summed E-state index contributed by atoms with van der Waals surface area (Å²) >= 11 is 0.570. The number of carbonyl (C=O) groups excluding carboxylic acids is 8. The maximum atomic E-state index is 13.9. The van der Waals surface area contributed by atoms with Crippen LogP contribution in [0, 0.1) is 17.8 Å². The van der Waals surface area contributed by atoms with E-state index >= 15 is 0 Å². The van der Waals surface area contributed by atoms with Crippen molar-refractivity contribution in [2.75, 3.05) is 5.75 Å². The Morgan fingerprint density at radius 1 is 0.789 bits per heavy atom. The monoisotopic (exact) mass is 818 g/mol.